The van der Waals surface area contributed by atoms with Crippen LogP contribution in [-0.2, 0) is 4.79 Å². The highest BCUT2D eigenvalue weighted by atomic mass is 16.4. The third kappa shape index (κ3) is 15.9. The van der Waals surface area contributed by atoms with Crippen LogP contribution < -0.4 is 0 Å². The number of aliphatic carboxylic acids is 1. The largest absolute Gasteiger partial charge is 0.478 e. The lowest BCUT2D eigenvalue weighted by Gasteiger charge is -2.04. The Hall–Kier alpha value is -1.27. The maximum absolute atomic E-state index is 9.60. The molecule has 0 saturated carbocycles. The van der Waals surface area contributed by atoms with Crippen molar-refractivity contribution in [1.29, 1.82) is 0 Å². The first kappa shape index (κ1) is 13.3. The van der Waals surface area contributed by atoms with E-state index in [2.05, 4.69) is 12.5 Å². The van der Waals surface area contributed by atoms with E-state index < -0.39 is 11.6 Å². The fourth-order valence-electron chi connectivity index (χ4n) is 0. The first-order valence-corrected chi connectivity index (χ1v) is 3.29. The molecule has 0 spiro atoms. The van der Waals surface area contributed by atoms with Crippen LogP contribution in [0.15, 0.2) is 12.2 Å². The Morgan fingerprint density at radius 1 is 1.58 bits per heavy atom. The molecule has 0 atom stereocenters. The van der Waals surface area contributed by atoms with Crippen LogP contribution in [0.25, 0.3) is 0 Å². The number of hydrogen-bond donors (Lipinski definition) is 2. The van der Waals surface area contributed by atoms with Gasteiger partial charge in [0, 0.05) is 5.57 Å². The zero-order valence-electron chi connectivity index (χ0n) is 7.59. The van der Waals surface area contributed by atoms with Crippen molar-refractivity contribution in [3.63, 3.8) is 0 Å². The van der Waals surface area contributed by atoms with Gasteiger partial charge in [0.2, 0.25) is 0 Å². The van der Waals surface area contributed by atoms with E-state index in [9.17, 15) is 4.79 Å². The molecular formula is C9H14O3. The molecule has 3 heteroatoms. The Bertz CT molecular complexity index is 191. The molecule has 0 heterocycles. The van der Waals surface area contributed by atoms with E-state index in [0.717, 1.165) is 0 Å². The number of aliphatic hydroxyl groups is 1. The summed E-state index contributed by atoms with van der Waals surface area (Å²) in [6.07, 6.45) is 4.81. The van der Waals surface area contributed by atoms with Crippen molar-refractivity contribution in [3.8, 4) is 12.3 Å². The minimum Gasteiger partial charge on any atom is -0.478 e. The monoisotopic (exact) mass is 170 g/mol. The van der Waals surface area contributed by atoms with E-state index in [1.807, 2.05) is 0 Å². The summed E-state index contributed by atoms with van der Waals surface area (Å²) in [6, 6.07) is 0. The van der Waals surface area contributed by atoms with E-state index in [0.29, 0.717) is 0 Å². The highest BCUT2D eigenvalue weighted by Crippen LogP contribution is 1.93. The number of rotatable bonds is 1. The first-order valence-electron chi connectivity index (χ1n) is 3.29. The van der Waals surface area contributed by atoms with Crippen molar-refractivity contribution in [2.24, 2.45) is 0 Å². The summed E-state index contributed by atoms with van der Waals surface area (Å²) in [7, 11) is 0. The second-order valence-corrected chi connectivity index (χ2v) is 2.79. The van der Waals surface area contributed by atoms with Crippen LogP contribution in [0.1, 0.15) is 20.8 Å². The summed E-state index contributed by atoms with van der Waals surface area (Å²) < 4.78 is 0. The van der Waals surface area contributed by atoms with Gasteiger partial charge in [-0.1, -0.05) is 12.5 Å². The van der Waals surface area contributed by atoms with E-state index in [-0.39, 0.29) is 5.57 Å². The van der Waals surface area contributed by atoms with E-state index >= 15 is 0 Å². The molecular weight excluding hydrogens is 156 g/mol. The molecule has 0 amide bonds. The molecule has 0 bridgehead atoms. The van der Waals surface area contributed by atoms with Gasteiger partial charge < -0.3 is 10.2 Å². The van der Waals surface area contributed by atoms with Gasteiger partial charge in [0.1, 0.15) is 5.60 Å². The molecule has 0 aliphatic heterocycles. The summed E-state index contributed by atoms with van der Waals surface area (Å²) >= 11 is 0. The normalized spacial score (nSPS) is 8.92. The van der Waals surface area contributed by atoms with Gasteiger partial charge in [0.25, 0.3) is 0 Å². The molecule has 0 saturated heterocycles. The third-order valence-corrected chi connectivity index (χ3v) is 0.718. The topological polar surface area (TPSA) is 57.5 Å². The van der Waals surface area contributed by atoms with Gasteiger partial charge in [0.05, 0.1) is 0 Å². The number of terminal acetylenes is 1. The molecule has 0 unspecified atom stereocenters. The second-order valence-electron chi connectivity index (χ2n) is 2.79. The van der Waals surface area contributed by atoms with Crippen LogP contribution in [0.3, 0.4) is 0 Å². The molecule has 0 aromatic carbocycles. The molecule has 68 valence electrons. The fraction of sp³-hybridized carbons (Fsp3) is 0.444. The zero-order chi connectivity index (χ0) is 10.4. The molecule has 0 aliphatic rings. The second kappa shape index (κ2) is 5.39. The minimum atomic E-state index is -0.935. The van der Waals surface area contributed by atoms with Crippen LogP contribution in [0.5, 0.6) is 0 Å². The van der Waals surface area contributed by atoms with Crippen LogP contribution in [0.2, 0.25) is 0 Å². The van der Waals surface area contributed by atoms with Crippen LogP contribution >= 0.6 is 0 Å². The maximum Gasteiger partial charge on any atom is 0.330 e. The van der Waals surface area contributed by atoms with Crippen LogP contribution in [-0.4, -0.2) is 21.8 Å². The first-order chi connectivity index (χ1) is 5.20. The van der Waals surface area contributed by atoms with Crippen molar-refractivity contribution < 1.29 is 15.0 Å². The van der Waals surface area contributed by atoms with Crippen molar-refractivity contribution in [2.45, 2.75) is 26.4 Å². The predicted molar refractivity (Wildman–Crippen MR) is 47.6 cm³/mol. The predicted octanol–water partition coefficient (Wildman–Crippen LogP) is 1.04. The summed E-state index contributed by atoms with van der Waals surface area (Å²) in [5.41, 5.74) is -0.755. The van der Waals surface area contributed by atoms with E-state index in [4.69, 9.17) is 16.6 Å². The highest BCUT2D eigenvalue weighted by Gasteiger charge is 2.03. The molecule has 2 N–H and O–H groups in total. The Labute approximate surface area is 72.7 Å². The Kier molecular flexibility index (Phi) is 5.99. The van der Waals surface area contributed by atoms with Crippen LogP contribution in [0.4, 0.5) is 0 Å². The molecule has 3 nitrogen and oxygen atoms in total. The maximum atomic E-state index is 9.60. The molecule has 0 radical (unpaired) electrons. The smallest absolute Gasteiger partial charge is 0.330 e. The average Bonchev–Trinajstić information content (AvgIpc) is 1.87. The van der Waals surface area contributed by atoms with Crippen molar-refractivity contribution in [2.75, 3.05) is 0 Å². The van der Waals surface area contributed by atoms with Crippen LogP contribution in [0, 0.1) is 12.3 Å². The van der Waals surface area contributed by atoms with Gasteiger partial charge in [-0.15, -0.1) is 6.42 Å². The SMILES string of the molecule is C#CC(C)(C)O.C=C(C)C(=O)O. The molecule has 0 rings (SSSR count). The summed E-state index contributed by atoms with van der Waals surface area (Å²) in [4.78, 5) is 9.60. The number of carbonyl (C=O) groups is 1. The van der Waals surface area contributed by atoms with Gasteiger partial charge in [0.15, 0.2) is 0 Å². The molecule has 0 aliphatic carbocycles. The number of carboxylic acids is 1. The highest BCUT2D eigenvalue weighted by molar-refractivity contribution is 5.84. The Morgan fingerprint density at radius 2 is 1.75 bits per heavy atom. The molecule has 0 fully saturated rings. The van der Waals surface area contributed by atoms with Crippen molar-refractivity contribution in [1.82, 2.24) is 0 Å². The number of carboxylic acid groups (broad SMARTS) is 1. The van der Waals surface area contributed by atoms with E-state index in [1.54, 1.807) is 13.8 Å². The van der Waals surface area contributed by atoms with Gasteiger partial charge >= 0.3 is 5.97 Å². The fourth-order valence-corrected chi connectivity index (χ4v) is 0. The van der Waals surface area contributed by atoms with Gasteiger partial charge in [-0.25, -0.2) is 4.79 Å². The lowest BCUT2D eigenvalue weighted by molar-refractivity contribution is -0.132. The van der Waals surface area contributed by atoms with Gasteiger partial charge in [-0.05, 0) is 20.8 Å². The summed E-state index contributed by atoms with van der Waals surface area (Å²) in [5, 5.41) is 16.5. The minimum absolute atomic E-state index is 0.176. The van der Waals surface area contributed by atoms with Gasteiger partial charge in [-0.3, -0.25) is 0 Å². The van der Waals surface area contributed by atoms with Crippen molar-refractivity contribution in [3.05, 3.63) is 12.2 Å². The third-order valence-electron chi connectivity index (χ3n) is 0.718. The summed E-state index contributed by atoms with van der Waals surface area (Å²) in [5.74, 6) is 1.22. The zero-order valence-corrected chi connectivity index (χ0v) is 7.59. The molecule has 0 aromatic rings. The Balaban J connectivity index is 0. The lowest BCUT2D eigenvalue weighted by atomic mass is 10.2. The quantitative estimate of drug-likeness (QED) is 0.456. The number of hydrogen-bond acceptors (Lipinski definition) is 2. The average molecular weight is 170 g/mol. The molecule has 12 heavy (non-hydrogen) atoms. The standard InChI is InChI=1S/C5H8O.C4H6O2/c1-4-5(2,3)6;1-3(2)4(5)6/h1,6H,2-3H3;1H2,2H3,(H,5,6). The van der Waals surface area contributed by atoms with Gasteiger partial charge in [-0.2, -0.15) is 0 Å². The van der Waals surface area contributed by atoms with E-state index in [1.165, 1.54) is 6.92 Å². The summed E-state index contributed by atoms with van der Waals surface area (Å²) in [6.45, 7) is 7.73. The Morgan fingerprint density at radius 3 is 1.75 bits per heavy atom. The van der Waals surface area contributed by atoms with Crippen molar-refractivity contribution >= 4 is 5.97 Å². The lowest BCUT2D eigenvalue weighted by Crippen LogP contribution is -2.13. The molecule has 0 aromatic heterocycles.